The van der Waals surface area contributed by atoms with E-state index in [4.69, 9.17) is 21.9 Å². The zero-order valence-corrected chi connectivity index (χ0v) is 16.4. The number of aliphatic imine (C=N–C) groups is 1. The number of nitrogens with two attached hydrogens (primary N) is 1. The summed E-state index contributed by atoms with van der Waals surface area (Å²) in [5, 5.41) is 3.82. The number of amidine groups is 1. The van der Waals surface area contributed by atoms with Gasteiger partial charge in [0.15, 0.2) is 0 Å². The number of hydrogen-bond donors (Lipinski definition) is 4. The standard InChI is InChI=1S/C17H19ClN6O3S/c1-2-23(13-6-4-3-5-7-13)24-21-16(18)11-17(22-24)20-12-8-9-15(14(19)10-12)28(25,26)27/h3-11,21H,2,19H2,1H3,(H,20,22)(H,25,26,27). The number of para-hydroxylation sites is 1. The van der Waals surface area contributed by atoms with Gasteiger partial charge >= 0.3 is 0 Å². The first-order valence-electron chi connectivity index (χ1n) is 8.27. The Labute approximate surface area is 167 Å². The summed E-state index contributed by atoms with van der Waals surface area (Å²) >= 11 is 6.20. The van der Waals surface area contributed by atoms with E-state index in [0.29, 0.717) is 23.2 Å². The Kier molecular flexibility index (Phi) is 5.75. The van der Waals surface area contributed by atoms with Gasteiger partial charge in [0.2, 0.25) is 0 Å². The van der Waals surface area contributed by atoms with Crippen LogP contribution in [0.2, 0.25) is 0 Å². The molecule has 1 heterocycles. The predicted molar refractivity (Wildman–Crippen MR) is 109 cm³/mol. The van der Waals surface area contributed by atoms with Crippen molar-refractivity contribution in [3.05, 3.63) is 59.8 Å². The van der Waals surface area contributed by atoms with Gasteiger partial charge in [0.05, 0.1) is 17.1 Å². The highest BCUT2D eigenvalue weighted by molar-refractivity contribution is 7.86. The number of hydrogen-bond acceptors (Lipinski definition) is 7. The third kappa shape index (κ3) is 4.54. The highest BCUT2D eigenvalue weighted by Crippen LogP contribution is 2.24. The summed E-state index contributed by atoms with van der Waals surface area (Å²) in [4.78, 5) is 4.02. The molecule has 28 heavy (non-hydrogen) atoms. The third-order valence-corrected chi connectivity index (χ3v) is 4.93. The van der Waals surface area contributed by atoms with Crippen LogP contribution in [0.4, 0.5) is 17.1 Å². The Balaban J connectivity index is 1.88. The van der Waals surface area contributed by atoms with Crippen LogP contribution in [0.15, 0.2) is 69.7 Å². The topological polar surface area (TPSA) is 123 Å². The summed E-state index contributed by atoms with van der Waals surface area (Å²) in [5.41, 5.74) is 13.0. The van der Waals surface area contributed by atoms with Gasteiger partial charge in [-0.3, -0.25) is 20.4 Å². The summed E-state index contributed by atoms with van der Waals surface area (Å²) in [6, 6.07) is 13.6. The maximum absolute atomic E-state index is 11.3. The van der Waals surface area contributed by atoms with E-state index in [1.165, 1.54) is 18.2 Å². The van der Waals surface area contributed by atoms with Gasteiger partial charge in [-0.2, -0.15) is 8.42 Å². The molecule has 0 amide bonds. The first-order valence-corrected chi connectivity index (χ1v) is 10.1. The van der Waals surface area contributed by atoms with E-state index >= 15 is 0 Å². The van der Waals surface area contributed by atoms with Crippen LogP contribution < -0.4 is 21.6 Å². The first-order chi connectivity index (χ1) is 13.3. The number of nitrogens with zero attached hydrogens (tertiary/aromatic N) is 3. The molecule has 0 saturated carbocycles. The summed E-state index contributed by atoms with van der Waals surface area (Å²) in [6.45, 7) is 2.62. The molecule has 0 spiro atoms. The van der Waals surface area contributed by atoms with Crippen molar-refractivity contribution in [1.29, 1.82) is 0 Å². The molecule has 11 heteroatoms. The highest BCUT2D eigenvalue weighted by Gasteiger charge is 2.21. The number of anilines is 2. The van der Waals surface area contributed by atoms with Gasteiger partial charge in [-0.15, -0.1) is 0 Å². The van der Waals surface area contributed by atoms with Crippen molar-refractivity contribution in [2.75, 3.05) is 17.3 Å². The summed E-state index contributed by atoms with van der Waals surface area (Å²) in [6.07, 6.45) is 1.57. The fourth-order valence-corrected chi connectivity index (χ4v) is 3.40. The molecule has 1 aliphatic rings. The molecule has 3 rings (SSSR count). The van der Waals surface area contributed by atoms with Gasteiger partial charge in [0, 0.05) is 12.6 Å². The molecule has 1 aliphatic heterocycles. The van der Waals surface area contributed by atoms with Crippen molar-refractivity contribution in [2.24, 2.45) is 4.99 Å². The van der Waals surface area contributed by atoms with Crippen molar-refractivity contribution in [1.82, 2.24) is 16.1 Å². The second-order valence-electron chi connectivity index (χ2n) is 5.77. The monoisotopic (exact) mass is 422 g/mol. The fourth-order valence-electron chi connectivity index (χ4n) is 2.62. The number of hydrazine groups is 3. The van der Waals surface area contributed by atoms with Crippen LogP contribution in [0, 0.1) is 0 Å². The average Bonchev–Trinajstić information content (AvgIpc) is 2.62. The minimum atomic E-state index is -4.39. The Bertz CT molecular complexity index is 1030. The maximum atomic E-state index is 11.3. The van der Waals surface area contributed by atoms with Gasteiger partial charge in [0.1, 0.15) is 15.9 Å². The van der Waals surface area contributed by atoms with Gasteiger partial charge in [0.25, 0.3) is 10.1 Å². The van der Waals surface area contributed by atoms with E-state index in [2.05, 4.69) is 15.8 Å². The summed E-state index contributed by atoms with van der Waals surface area (Å²) < 4.78 is 31.7. The smallest absolute Gasteiger partial charge is 0.296 e. The normalized spacial score (nSPS) is 16.2. The molecule has 9 nitrogen and oxygen atoms in total. The Hall–Kier alpha value is -2.79. The quantitative estimate of drug-likeness (QED) is 0.329. The van der Waals surface area contributed by atoms with Crippen LogP contribution in [0.3, 0.4) is 0 Å². The van der Waals surface area contributed by atoms with E-state index < -0.39 is 10.1 Å². The van der Waals surface area contributed by atoms with E-state index in [-0.39, 0.29) is 10.6 Å². The van der Waals surface area contributed by atoms with Gasteiger partial charge in [-0.25, -0.2) is 4.99 Å². The highest BCUT2D eigenvalue weighted by atomic mass is 35.5. The van der Waals surface area contributed by atoms with Crippen LogP contribution >= 0.6 is 11.6 Å². The molecular formula is C17H19ClN6O3S. The number of halogens is 1. The number of nitrogens with one attached hydrogen (secondary N) is 2. The SMILES string of the molecule is CCN(c1ccccc1)N1NC(Cl)=CC(=Nc2ccc(S(=O)(=O)O)c(N)c2)N1. The number of nitrogen functional groups attached to an aromatic ring is 1. The molecule has 0 fully saturated rings. The van der Waals surface area contributed by atoms with Gasteiger partial charge < -0.3 is 5.73 Å². The molecule has 148 valence electrons. The van der Waals surface area contributed by atoms with Crippen molar-refractivity contribution in [3.63, 3.8) is 0 Å². The Morgan fingerprint density at radius 1 is 1.21 bits per heavy atom. The molecule has 0 bridgehead atoms. The lowest BCUT2D eigenvalue weighted by Gasteiger charge is -2.38. The molecule has 0 radical (unpaired) electrons. The summed E-state index contributed by atoms with van der Waals surface area (Å²) in [7, 11) is -4.39. The van der Waals surface area contributed by atoms with E-state index in [1.54, 1.807) is 11.3 Å². The molecule has 2 aromatic carbocycles. The van der Waals surface area contributed by atoms with Gasteiger partial charge in [-0.1, -0.05) is 29.8 Å². The van der Waals surface area contributed by atoms with E-state index in [1.807, 2.05) is 42.3 Å². The van der Waals surface area contributed by atoms with Crippen molar-refractivity contribution < 1.29 is 13.0 Å². The minimum absolute atomic E-state index is 0.107. The second kappa shape index (κ2) is 8.07. The molecule has 2 aromatic rings. The summed E-state index contributed by atoms with van der Waals surface area (Å²) in [5.74, 6) is 0.400. The lowest BCUT2D eigenvalue weighted by molar-refractivity contribution is 0.155. The van der Waals surface area contributed by atoms with E-state index in [0.717, 1.165) is 5.69 Å². The van der Waals surface area contributed by atoms with Gasteiger partial charge in [-0.05, 0) is 42.5 Å². The van der Waals surface area contributed by atoms with Crippen LogP contribution in [0.5, 0.6) is 0 Å². The lowest BCUT2D eigenvalue weighted by Crippen LogP contribution is -2.61. The van der Waals surface area contributed by atoms with Crippen LogP contribution in [-0.2, 0) is 10.1 Å². The third-order valence-electron chi connectivity index (χ3n) is 3.81. The molecule has 0 saturated heterocycles. The number of rotatable bonds is 5. The predicted octanol–water partition coefficient (Wildman–Crippen LogP) is 2.39. The second-order valence-corrected chi connectivity index (χ2v) is 7.57. The van der Waals surface area contributed by atoms with Crippen molar-refractivity contribution >= 4 is 44.6 Å². The molecule has 0 atom stereocenters. The minimum Gasteiger partial charge on any atom is -0.398 e. The Morgan fingerprint density at radius 3 is 2.54 bits per heavy atom. The van der Waals surface area contributed by atoms with Crippen molar-refractivity contribution in [2.45, 2.75) is 11.8 Å². The van der Waals surface area contributed by atoms with Crippen molar-refractivity contribution in [3.8, 4) is 0 Å². The molecule has 5 N–H and O–H groups in total. The Morgan fingerprint density at radius 2 is 1.93 bits per heavy atom. The largest absolute Gasteiger partial charge is 0.398 e. The average molecular weight is 423 g/mol. The molecule has 0 aliphatic carbocycles. The van der Waals surface area contributed by atoms with Crippen LogP contribution in [-0.4, -0.2) is 30.6 Å². The lowest BCUT2D eigenvalue weighted by atomic mass is 10.3. The molecule has 0 unspecified atom stereocenters. The first kappa shape index (κ1) is 20.0. The fraction of sp³-hybridized carbons (Fsp3) is 0.118. The van der Waals surface area contributed by atoms with E-state index in [9.17, 15) is 8.42 Å². The zero-order valence-electron chi connectivity index (χ0n) is 14.9. The molecular weight excluding hydrogens is 404 g/mol. The maximum Gasteiger partial charge on any atom is 0.296 e. The van der Waals surface area contributed by atoms with Crippen LogP contribution in [0.1, 0.15) is 6.92 Å². The zero-order chi connectivity index (χ0) is 20.3. The van der Waals surface area contributed by atoms with Crippen LogP contribution in [0.25, 0.3) is 0 Å². The number of benzene rings is 2. The molecule has 0 aromatic heterocycles.